The Bertz CT molecular complexity index is 846. The first kappa shape index (κ1) is 24.6. The van der Waals surface area contributed by atoms with Gasteiger partial charge in [0.15, 0.2) is 0 Å². The van der Waals surface area contributed by atoms with Gasteiger partial charge in [-0.15, -0.1) is 11.8 Å². The summed E-state index contributed by atoms with van der Waals surface area (Å²) in [7, 11) is 0. The van der Waals surface area contributed by atoms with Crippen molar-refractivity contribution < 1.29 is 9.59 Å². The molecular formula is C23H28Cl2N2O2S. The molecule has 0 radical (unpaired) electrons. The zero-order valence-electron chi connectivity index (χ0n) is 17.5. The molecule has 4 nitrogen and oxygen atoms in total. The first-order valence-electron chi connectivity index (χ1n) is 10.0. The Kier molecular flexibility index (Phi) is 10.0. The number of nitrogens with one attached hydrogen (secondary N) is 1. The average molecular weight is 467 g/mol. The van der Waals surface area contributed by atoms with E-state index in [0.29, 0.717) is 35.5 Å². The fraction of sp³-hybridized carbons (Fsp3) is 0.391. The quantitative estimate of drug-likeness (QED) is 0.459. The Balaban J connectivity index is 2.21. The number of rotatable bonds is 10. The highest BCUT2D eigenvalue weighted by Gasteiger charge is 2.28. The first-order chi connectivity index (χ1) is 14.3. The molecule has 0 aliphatic rings. The zero-order valence-corrected chi connectivity index (χ0v) is 19.9. The predicted octanol–water partition coefficient (Wildman–Crippen LogP) is 5.67. The van der Waals surface area contributed by atoms with Crippen LogP contribution in [-0.2, 0) is 16.1 Å². The summed E-state index contributed by atoms with van der Waals surface area (Å²) in [6, 6.07) is 14.5. The van der Waals surface area contributed by atoms with Gasteiger partial charge in [-0.2, -0.15) is 0 Å². The lowest BCUT2D eigenvalue weighted by atomic mass is 10.1. The van der Waals surface area contributed by atoms with E-state index >= 15 is 0 Å². The Morgan fingerprint density at radius 1 is 1.07 bits per heavy atom. The topological polar surface area (TPSA) is 49.4 Å². The molecule has 0 saturated heterocycles. The summed E-state index contributed by atoms with van der Waals surface area (Å²) in [6.07, 6.45) is 0.521. The van der Waals surface area contributed by atoms with Gasteiger partial charge in [-0.3, -0.25) is 9.59 Å². The van der Waals surface area contributed by atoms with Gasteiger partial charge in [-0.05, 0) is 42.2 Å². The number of nitrogens with zero attached hydrogens (tertiary/aromatic N) is 1. The number of carbonyl (C=O) groups excluding carboxylic acids is 2. The Hall–Kier alpha value is -1.69. The lowest BCUT2D eigenvalue weighted by Gasteiger charge is -2.31. The molecule has 1 atom stereocenters. The molecule has 0 aromatic heterocycles. The second-order valence-corrected chi connectivity index (χ2v) is 9.30. The predicted molar refractivity (Wildman–Crippen MR) is 126 cm³/mol. The van der Waals surface area contributed by atoms with E-state index in [2.05, 4.69) is 5.32 Å². The van der Waals surface area contributed by atoms with Crippen molar-refractivity contribution in [3.63, 3.8) is 0 Å². The van der Waals surface area contributed by atoms with Gasteiger partial charge in [0.2, 0.25) is 11.8 Å². The molecule has 0 fully saturated rings. The number of hydrogen-bond acceptors (Lipinski definition) is 3. The summed E-state index contributed by atoms with van der Waals surface area (Å²) < 4.78 is 0. The number of amides is 2. The van der Waals surface area contributed by atoms with Crippen molar-refractivity contribution in [3.8, 4) is 0 Å². The van der Waals surface area contributed by atoms with Crippen molar-refractivity contribution in [2.24, 2.45) is 5.92 Å². The summed E-state index contributed by atoms with van der Waals surface area (Å²) >= 11 is 13.6. The Labute approximate surface area is 193 Å². The smallest absolute Gasteiger partial charge is 0.242 e. The van der Waals surface area contributed by atoms with Gasteiger partial charge in [0.05, 0.1) is 15.8 Å². The third-order valence-corrected chi connectivity index (χ3v) is 6.25. The van der Waals surface area contributed by atoms with Crippen molar-refractivity contribution in [1.82, 2.24) is 10.2 Å². The molecule has 162 valence electrons. The van der Waals surface area contributed by atoms with Crippen molar-refractivity contribution in [2.45, 2.75) is 44.7 Å². The minimum absolute atomic E-state index is 0.0959. The Morgan fingerprint density at radius 3 is 2.37 bits per heavy atom. The fourth-order valence-electron chi connectivity index (χ4n) is 2.92. The SMILES string of the molecule is CCC(C(=O)NCC(C)C)N(Cc1ccc(Cl)c(Cl)c1)C(=O)CSc1ccccc1. The molecule has 0 heterocycles. The van der Waals surface area contributed by atoms with Crippen LogP contribution in [0.2, 0.25) is 10.0 Å². The minimum Gasteiger partial charge on any atom is -0.354 e. The summed E-state index contributed by atoms with van der Waals surface area (Å²) in [5.41, 5.74) is 0.831. The Morgan fingerprint density at radius 2 is 1.77 bits per heavy atom. The molecule has 30 heavy (non-hydrogen) atoms. The van der Waals surface area contributed by atoms with Crippen LogP contribution in [0.4, 0.5) is 0 Å². The van der Waals surface area contributed by atoms with Crippen molar-refractivity contribution in [2.75, 3.05) is 12.3 Å². The maximum Gasteiger partial charge on any atom is 0.242 e. The van der Waals surface area contributed by atoms with E-state index < -0.39 is 6.04 Å². The zero-order chi connectivity index (χ0) is 22.1. The number of benzene rings is 2. The number of thioether (sulfide) groups is 1. The maximum atomic E-state index is 13.2. The molecule has 1 unspecified atom stereocenters. The summed E-state index contributed by atoms with van der Waals surface area (Å²) in [5, 5.41) is 3.85. The molecule has 7 heteroatoms. The molecule has 2 aromatic carbocycles. The van der Waals surface area contributed by atoms with Crippen LogP contribution < -0.4 is 5.32 Å². The molecule has 0 saturated carbocycles. The van der Waals surface area contributed by atoms with Gasteiger partial charge in [0.25, 0.3) is 0 Å². The van der Waals surface area contributed by atoms with Crippen LogP contribution in [0.15, 0.2) is 53.4 Å². The van der Waals surface area contributed by atoms with E-state index in [0.717, 1.165) is 10.5 Å². The number of hydrogen-bond donors (Lipinski definition) is 1. The third-order valence-electron chi connectivity index (χ3n) is 4.51. The number of halogens is 2. The number of carbonyl (C=O) groups is 2. The molecule has 1 N–H and O–H groups in total. The van der Waals surface area contributed by atoms with Gasteiger partial charge in [-0.25, -0.2) is 0 Å². The van der Waals surface area contributed by atoms with E-state index in [-0.39, 0.29) is 17.6 Å². The lowest BCUT2D eigenvalue weighted by molar-refractivity contribution is -0.139. The molecule has 0 aliphatic heterocycles. The van der Waals surface area contributed by atoms with Gasteiger partial charge >= 0.3 is 0 Å². The van der Waals surface area contributed by atoms with Crippen LogP contribution in [0.5, 0.6) is 0 Å². The van der Waals surface area contributed by atoms with Crippen LogP contribution in [0.1, 0.15) is 32.8 Å². The van der Waals surface area contributed by atoms with Crippen LogP contribution in [0, 0.1) is 5.92 Å². The highest BCUT2D eigenvalue weighted by atomic mass is 35.5. The lowest BCUT2D eigenvalue weighted by Crippen LogP contribution is -2.50. The second kappa shape index (κ2) is 12.2. The summed E-state index contributed by atoms with van der Waals surface area (Å²) in [6.45, 7) is 6.85. The average Bonchev–Trinajstić information content (AvgIpc) is 2.73. The minimum atomic E-state index is -0.554. The van der Waals surface area contributed by atoms with Crippen LogP contribution in [0.3, 0.4) is 0 Å². The molecular weight excluding hydrogens is 439 g/mol. The first-order valence-corrected chi connectivity index (χ1v) is 11.7. The van der Waals surface area contributed by atoms with E-state index in [1.165, 1.54) is 11.8 Å². The standard InChI is InChI=1S/C23H28Cl2N2O2S/c1-4-21(23(29)26-13-16(2)3)27(14-17-10-11-19(24)20(25)12-17)22(28)15-30-18-8-6-5-7-9-18/h5-12,16,21H,4,13-15H2,1-3H3,(H,26,29). The van der Waals surface area contributed by atoms with Crippen LogP contribution in [0.25, 0.3) is 0 Å². The summed E-state index contributed by atoms with van der Waals surface area (Å²) in [5.74, 6) is 0.351. The highest BCUT2D eigenvalue weighted by Crippen LogP contribution is 2.25. The molecule has 0 bridgehead atoms. The van der Waals surface area contributed by atoms with Gasteiger partial charge < -0.3 is 10.2 Å². The van der Waals surface area contributed by atoms with E-state index in [9.17, 15) is 9.59 Å². The van der Waals surface area contributed by atoms with Crippen molar-refractivity contribution in [3.05, 3.63) is 64.1 Å². The van der Waals surface area contributed by atoms with E-state index in [4.69, 9.17) is 23.2 Å². The molecule has 0 spiro atoms. The maximum absolute atomic E-state index is 13.2. The van der Waals surface area contributed by atoms with E-state index in [1.807, 2.05) is 57.2 Å². The van der Waals surface area contributed by atoms with Crippen molar-refractivity contribution >= 4 is 46.8 Å². The van der Waals surface area contributed by atoms with Gasteiger partial charge in [-0.1, -0.05) is 68.2 Å². The third kappa shape index (κ3) is 7.53. The monoisotopic (exact) mass is 466 g/mol. The normalized spacial score (nSPS) is 11.9. The summed E-state index contributed by atoms with van der Waals surface area (Å²) in [4.78, 5) is 28.7. The molecule has 0 aliphatic carbocycles. The highest BCUT2D eigenvalue weighted by molar-refractivity contribution is 8.00. The van der Waals surface area contributed by atoms with Crippen LogP contribution in [-0.4, -0.2) is 35.1 Å². The van der Waals surface area contributed by atoms with Crippen LogP contribution >= 0.6 is 35.0 Å². The molecule has 2 aromatic rings. The molecule has 2 amide bonds. The largest absolute Gasteiger partial charge is 0.354 e. The molecule has 2 rings (SSSR count). The fourth-order valence-corrected chi connectivity index (χ4v) is 4.05. The van der Waals surface area contributed by atoms with Crippen molar-refractivity contribution in [1.29, 1.82) is 0 Å². The second-order valence-electron chi connectivity index (χ2n) is 7.43. The van der Waals surface area contributed by atoms with Gasteiger partial charge in [0, 0.05) is 18.0 Å². The van der Waals surface area contributed by atoms with Gasteiger partial charge in [0.1, 0.15) is 6.04 Å². The van der Waals surface area contributed by atoms with E-state index in [1.54, 1.807) is 17.0 Å².